The molecule has 5 nitrogen and oxygen atoms in total. The van der Waals surface area contributed by atoms with Crippen LogP contribution in [0.15, 0.2) is 54.6 Å². The molecule has 0 fully saturated rings. The van der Waals surface area contributed by atoms with Gasteiger partial charge < -0.3 is 15.5 Å². The Morgan fingerprint density at radius 1 is 1.04 bits per heavy atom. The summed E-state index contributed by atoms with van der Waals surface area (Å²) < 4.78 is 0. The van der Waals surface area contributed by atoms with Crippen LogP contribution in [-0.2, 0) is 4.79 Å². The third-order valence-electron chi connectivity index (χ3n) is 3.37. The average molecular weight is 311 g/mol. The van der Waals surface area contributed by atoms with Gasteiger partial charge in [0.1, 0.15) is 0 Å². The van der Waals surface area contributed by atoms with Crippen LogP contribution in [-0.4, -0.2) is 32.0 Å². The largest absolute Gasteiger partial charge is 0.373 e. The predicted molar refractivity (Wildman–Crippen MR) is 92.8 cm³/mol. The van der Waals surface area contributed by atoms with Gasteiger partial charge in [0.05, 0.1) is 0 Å². The Morgan fingerprint density at radius 3 is 2.48 bits per heavy atom. The van der Waals surface area contributed by atoms with Crippen LogP contribution in [0.25, 0.3) is 0 Å². The SMILES string of the molecule is CC(=O)Nc1cccc(C(=O)NCCN(C)c2ccccc2)c1. The molecule has 2 aromatic carbocycles. The second kappa shape index (κ2) is 7.98. The van der Waals surface area contributed by atoms with E-state index in [-0.39, 0.29) is 11.8 Å². The Balaban J connectivity index is 1.86. The first-order chi connectivity index (χ1) is 11.1. The fraction of sp³-hybridized carbons (Fsp3) is 0.222. The zero-order valence-corrected chi connectivity index (χ0v) is 13.4. The quantitative estimate of drug-likeness (QED) is 0.861. The number of nitrogens with zero attached hydrogens (tertiary/aromatic N) is 1. The fourth-order valence-electron chi connectivity index (χ4n) is 2.19. The number of carbonyl (C=O) groups is 2. The number of nitrogens with one attached hydrogen (secondary N) is 2. The summed E-state index contributed by atoms with van der Waals surface area (Å²) in [5, 5.41) is 5.56. The van der Waals surface area contributed by atoms with E-state index in [9.17, 15) is 9.59 Å². The van der Waals surface area contributed by atoms with Crippen LogP contribution in [0.3, 0.4) is 0 Å². The van der Waals surface area contributed by atoms with E-state index in [1.54, 1.807) is 24.3 Å². The summed E-state index contributed by atoms with van der Waals surface area (Å²) in [5.74, 6) is -0.314. The average Bonchev–Trinajstić information content (AvgIpc) is 2.55. The van der Waals surface area contributed by atoms with Crippen LogP contribution >= 0.6 is 0 Å². The molecule has 0 spiro atoms. The molecule has 2 rings (SSSR count). The molecule has 0 radical (unpaired) electrons. The van der Waals surface area contributed by atoms with Gasteiger partial charge in [-0.1, -0.05) is 24.3 Å². The highest BCUT2D eigenvalue weighted by atomic mass is 16.2. The van der Waals surface area contributed by atoms with Crippen molar-refractivity contribution in [1.29, 1.82) is 0 Å². The molecule has 0 heterocycles. The Hall–Kier alpha value is -2.82. The van der Waals surface area contributed by atoms with Gasteiger partial charge in [0.15, 0.2) is 0 Å². The minimum absolute atomic E-state index is 0.154. The zero-order chi connectivity index (χ0) is 16.7. The lowest BCUT2D eigenvalue weighted by Crippen LogP contribution is -2.33. The molecule has 0 aliphatic heterocycles. The molecule has 2 aromatic rings. The minimum atomic E-state index is -0.160. The van der Waals surface area contributed by atoms with E-state index < -0.39 is 0 Å². The summed E-state index contributed by atoms with van der Waals surface area (Å²) in [6, 6.07) is 16.9. The molecule has 0 saturated carbocycles. The number of anilines is 2. The van der Waals surface area contributed by atoms with Gasteiger partial charge in [0.2, 0.25) is 5.91 Å². The predicted octanol–water partition coefficient (Wildman–Crippen LogP) is 2.51. The first kappa shape index (κ1) is 16.5. The van der Waals surface area contributed by atoms with Gasteiger partial charge in [-0.25, -0.2) is 0 Å². The van der Waals surface area contributed by atoms with Gasteiger partial charge in [0.25, 0.3) is 5.91 Å². The molecule has 120 valence electrons. The summed E-state index contributed by atoms with van der Waals surface area (Å²) in [6.07, 6.45) is 0. The molecule has 0 unspecified atom stereocenters. The fourth-order valence-corrected chi connectivity index (χ4v) is 2.19. The van der Waals surface area contributed by atoms with Gasteiger partial charge in [-0.3, -0.25) is 9.59 Å². The molecule has 5 heteroatoms. The summed E-state index contributed by atoms with van der Waals surface area (Å²) in [4.78, 5) is 25.3. The smallest absolute Gasteiger partial charge is 0.251 e. The molecule has 0 bridgehead atoms. The van der Waals surface area contributed by atoms with Crippen molar-refractivity contribution in [2.24, 2.45) is 0 Å². The second-order valence-electron chi connectivity index (χ2n) is 5.27. The van der Waals surface area contributed by atoms with E-state index in [1.807, 2.05) is 37.4 Å². The number of rotatable bonds is 6. The van der Waals surface area contributed by atoms with Gasteiger partial charge in [0, 0.05) is 44.0 Å². The highest BCUT2D eigenvalue weighted by Gasteiger charge is 2.07. The van der Waals surface area contributed by atoms with Crippen LogP contribution < -0.4 is 15.5 Å². The van der Waals surface area contributed by atoms with E-state index in [2.05, 4.69) is 15.5 Å². The number of para-hydroxylation sites is 1. The van der Waals surface area contributed by atoms with Crippen molar-refractivity contribution in [2.45, 2.75) is 6.92 Å². The van der Waals surface area contributed by atoms with Crippen LogP contribution in [0.4, 0.5) is 11.4 Å². The number of amides is 2. The van der Waals surface area contributed by atoms with Crippen molar-refractivity contribution < 1.29 is 9.59 Å². The summed E-state index contributed by atoms with van der Waals surface area (Å²) in [6.45, 7) is 2.68. The second-order valence-corrected chi connectivity index (χ2v) is 5.27. The maximum atomic E-state index is 12.2. The molecule has 0 aromatic heterocycles. The molecule has 0 atom stereocenters. The molecule has 0 saturated heterocycles. The molecule has 0 aliphatic carbocycles. The Labute approximate surface area is 136 Å². The summed E-state index contributed by atoms with van der Waals surface area (Å²) in [7, 11) is 1.99. The molecular formula is C18H21N3O2. The monoisotopic (exact) mass is 311 g/mol. The number of likely N-dealkylation sites (N-methyl/N-ethyl adjacent to an activating group) is 1. The highest BCUT2D eigenvalue weighted by molar-refractivity contribution is 5.96. The van der Waals surface area contributed by atoms with E-state index in [1.165, 1.54) is 6.92 Å². The minimum Gasteiger partial charge on any atom is -0.373 e. The van der Waals surface area contributed by atoms with Crippen LogP contribution in [0, 0.1) is 0 Å². The lowest BCUT2D eigenvalue weighted by atomic mass is 10.2. The topological polar surface area (TPSA) is 61.4 Å². The van der Waals surface area contributed by atoms with E-state index in [0.717, 1.165) is 5.69 Å². The molecule has 23 heavy (non-hydrogen) atoms. The van der Waals surface area contributed by atoms with Gasteiger partial charge in [-0.15, -0.1) is 0 Å². The normalized spacial score (nSPS) is 10.0. The van der Waals surface area contributed by atoms with Crippen molar-refractivity contribution in [3.05, 3.63) is 60.2 Å². The number of hydrogen-bond donors (Lipinski definition) is 2. The third-order valence-corrected chi connectivity index (χ3v) is 3.37. The molecular weight excluding hydrogens is 290 g/mol. The lowest BCUT2D eigenvalue weighted by Gasteiger charge is -2.19. The Bertz CT molecular complexity index is 671. The number of carbonyl (C=O) groups excluding carboxylic acids is 2. The summed E-state index contributed by atoms with van der Waals surface area (Å²) >= 11 is 0. The lowest BCUT2D eigenvalue weighted by molar-refractivity contribution is -0.114. The first-order valence-electron chi connectivity index (χ1n) is 7.48. The zero-order valence-electron chi connectivity index (χ0n) is 13.4. The van der Waals surface area contributed by atoms with Gasteiger partial charge >= 0.3 is 0 Å². The molecule has 2 amide bonds. The van der Waals surface area contributed by atoms with Crippen molar-refractivity contribution in [2.75, 3.05) is 30.4 Å². The molecule has 2 N–H and O–H groups in total. The Morgan fingerprint density at radius 2 is 1.78 bits per heavy atom. The number of benzene rings is 2. The van der Waals surface area contributed by atoms with E-state index in [4.69, 9.17) is 0 Å². The van der Waals surface area contributed by atoms with Crippen LogP contribution in [0.5, 0.6) is 0 Å². The van der Waals surface area contributed by atoms with Crippen molar-refractivity contribution in [3.8, 4) is 0 Å². The highest BCUT2D eigenvalue weighted by Crippen LogP contribution is 2.11. The molecule has 0 aliphatic rings. The maximum absolute atomic E-state index is 12.2. The maximum Gasteiger partial charge on any atom is 0.251 e. The van der Waals surface area contributed by atoms with Gasteiger partial charge in [-0.05, 0) is 30.3 Å². The number of hydrogen-bond acceptors (Lipinski definition) is 3. The van der Waals surface area contributed by atoms with Crippen LogP contribution in [0.1, 0.15) is 17.3 Å². The van der Waals surface area contributed by atoms with E-state index in [0.29, 0.717) is 24.3 Å². The van der Waals surface area contributed by atoms with Crippen LogP contribution in [0.2, 0.25) is 0 Å². The Kier molecular flexibility index (Phi) is 5.74. The van der Waals surface area contributed by atoms with Crippen molar-refractivity contribution in [3.63, 3.8) is 0 Å². The van der Waals surface area contributed by atoms with Crippen molar-refractivity contribution >= 4 is 23.2 Å². The van der Waals surface area contributed by atoms with Crippen molar-refractivity contribution in [1.82, 2.24) is 5.32 Å². The first-order valence-corrected chi connectivity index (χ1v) is 7.48. The third kappa shape index (κ3) is 5.14. The van der Waals surface area contributed by atoms with E-state index >= 15 is 0 Å². The standard InChI is InChI=1S/C18H21N3O2/c1-14(22)20-16-8-6-7-15(13-16)18(23)19-11-12-21(2)17-9-4-3-5-10-17/h3-10,13H,11-12H2,1-2H3,(H,19,23)(H,20,22). The summed E-state index contributed by atoms with van der Waals surface area (Å²) in [5.41, 5.74) is 2.25. The van der Waals surface area contributed by atoms with Gasteiger partial charge in [-0.2, -0.15) is 0 Å².